The second kappa shape index (κ2) is 23.7. The van der Waals surface area contributed by atoms with Gasteiger partial charge in [-0.15, -0.1) is 0 Å². The van der Waals surface area contributed by atoms with E-state index in [1.807, 2.05) is 0 Å². The van der Waals surface area contributed by atoms with Crippen molar-refractivity contribution in [1.82, 2.24) is 21.3 Å². The molecule has 0 bridgehead atoms. The van der Waals surface area contributed by atoms with E-state index in [2.05, 4.69) is 31.9 Å². The summed E-state index contributed by atoms with van der Waals surface area (Å²) in [5, 5.41) is 80.8. The molecule has 6 amide bonds. The fraction of sp³-hybridized carbons (Fsp3) is 0.379. The molecule has 25 heteroatoms. The molecule has 54 heavy (non-hydrogen) atoms. The number of amides is 6. The molecule has 298 valence electrons. The molecule has 0 aliphatic rings. The number of hydrogen-bond acceptors (Lipinski definition) is 13. The van der Waals surface area contributed by atoms with Crippen molar-refractivity contribution in [3.8, 4) is 0 Å². The Balaban J connectivity index is 2.56. The van der Waals surface area contributed by atoms with Gasteiger partial charge in [0.25, 0.3) is 29.5 Å². The van der Waals surface area contributed by atoms with Gasteiger partial charge in [-0.2, -0.15) is 0 Å². The van der Waals surface area contributed by atoms with Crippen molar-refractivity contribution >= 4 is 182 Å². The van der Waals surface area contributed by atoms with Gasteiger partial charge in [0.05, 0.1) is 86.0 Å². The second-order valence-corrected chi connectivity index (χ2v) is 17.4. The first kappa shape index (κ1) is 49.5. The number of hydrogen-bond donors (Lipinski definition) is 13. The van der Waals surface area contributed by atoms with Crippen LogP contribution in [0.4, 0.5) is 11.4 Å². The molecule has 0 spiro atoms. The summed E-state index contributed by atoms with van der Waals surface area (Å²) in [4.78, 5) is 79.1. The molecule has 19 nitrogen and oxygen atoms in total. The van der Waals surface area contributed by atoms with E-state index in [0.29, 0.717) is 0 Å². The lowest BCUT2D eigenvalue weighted by atomic mass is 10.1. The summed E-state index contributed by atoms with van der Waals surface area (Å²) < 4.78 is -0.587. The minimum absolute atomic E-state index is 0.00263. The molecule has 0 saturated carbocycles. The molecule has 4 unspecified atom stereocenters. The molecule has 0 saturated heterocycles. The number of aliphatic hydroxyl groups excluding tert-OH is 7. The van der Waals surface area contributed by atoms with E-state index in [4.69, 9.17) is 5.11 Å². The molecule has 2 rings (SSSR count). The first-order chi connectivity index (χ1) is 25.3. The minimum atomic E-state index is -1.35. The Morgan fingerprint density at radius 3 is 1.35 bits per heavy atom. The Hall–Kier alpha value is -0.640. The topological polar surface area (TPSA) is 316 Å². The summed E-state index contributed by atoms with van der Waals surface area (Å²) in [5.41, 5.74) is -0.461. The maximum Gasteiger partial charge on any atom is 0.257 e. The van der Waals surface area contributed by atoms with Crippen LogP contribution in [0.3, 0.4) is 0 Å². The molecular weight excluding hydrogens is 1400 g/mol. The van der Waals surface area contributed by atoms with E-state index in [9.17, 15) is 59.4 Å². The molecule has 0 aliphatic carbocycles. The Kier molecular flexibility index (Phi) is 21.7. The summed E-state index contributed by atoms with van der Waals surface area (Å²) in [6.45, 7) is -3.88. The molecule has 0 aliphatic heterocycles. The lowest BCUT2D eigenvalue weighted by Crippen LogP contribution is -2.41. The number of rotatable bonds is 18. The summed E-state index contributed by atoms with van der Waals surface area (Å²) in [6.07, 6.45) is -3.86. The summed E-state index contributed by atoms with van der Waals surface area (Å²) >= 11 is 10.4. The van der Waals surface area contributed by atoms with Crippen LogP contribution in [0.5, 0.6) is 0 Å². The SMILES string of the molecule is O=C(CO)Nc1c(I)c(C(=O)NCC(O)CO)cc(C(=O)NC(I)C(=O)Nc2c(I)c(C(=O)NCC(O)CO)c(I)c(C(=O)NCC(O)CO)c2I)c1I. The van der Waals surface area contributed by atoms with Crippen molar-refractivity contribution in [2.24, 2.45) is 0 Å². The van der Waals surface area contributed by atoms with Gasteiger partial charge >= 0.3 is 0 Å². The summed E-state index contributed by atoms with van der Waals surface area (Å²) in [7, 11) is 0. The zero-order valence-electron chi connectivity index (χ0n) is 27.2. The van der Waals surface area contributed by atoms with Gasteiger partial charge in [-0.1, -0.05) is 0 Å². The van der Waals surface area contributed by atoms with Crippen LogP contribution in [0.15, 0.2) is 6.07 Å². The lowest BCUT2D eigenvalue weighted by molar-refractivity contribution is -0.118. The minimum Gasteiger partial charge on any atom is -0.394 e. The van der Waals surface area contributed by atoms with Crippen LogP contribution >= 0.6 is 136 Å². The number of carbonyl (C=O) groups is 6. The number of benzene rings is 2. The smallest absolute Gasteiger partial charge is 0.257 e. The van der Waals surface area contributed by atoms with Gasteiger partial charge in [0.1, 0.15) is 6.61 Å². The highest BCUT2D eigenvalue weighted by Crippen LogP contribution is 2.36. The Bertz CT molecular complexity index is 1720. The number of nitrogens with one attached hydrogen (secondary N) is 6. The van der Waals surface area contributed by atoms with Gasteiger partial charge in [0.15, 0.2) is 4.05 Å². The van der Waals surface area contributed by atoms with Crippen LogP contribution in [0.25, 0.3) is 0 Å². The van der Waals surface area contributed by atoms with Crippen LogP contribution in [0.1, 0.15) is 41.4 Å². The number of carbonyl (C=O) groups excluding carboxylic acids is 6. The van der Waals surface area contributed by atoms with Gasteiger partial charge in [-0.05, 0) is 142 Å². The number of alkyl halides is 1. The molecule has 0 heterocycles. The first-order valence-electron chi connectivity index (χ1n) is 14.9. The maximum absolute atomic E-state index is 13.7. The Labute approximate surface area is 388 Å². The molecule has 13 N–H and O–H groups in total. The highest BCUT2D eigenvalue weighted by molar-refractivity contribution is 14.1. The quantitative estimate of drug-likeness (QED) is 0.0486. The van der Waals surface area contributed by atoms with Crippen molar-refractivity contribution in [3.05, 3.63) is 46.2 Å². The molecular formula is C29H32I6N6O13. The third-order valence-corrected chi connectivity index (χ3v) is 13.1. The van der Waals surface area contributed by atoms with Gasteiger partial charge in [-0.3, -0.25) is 28.8 Å². The van der Waals surface area contributed by atoms with Crippen molar-refractivity contribution in [1.29, 1.82) is 0 Å². The van der Waals surface area contributed by atoms with Gasteiger partial charge < -0.3 is 67.6 Å². The van der Waals surface area contributed by atoms with E-state index in [0.717, 1.165) is 0 Å². The van der Waals surface area contributed by atoms with Gasteiger partial charge in [0.2, 0.25) is 5.91 Å². The molecule has 0 aromatic heterocycles. The summed E-state index contributed by atoms with van der Waals surface area (Å²) in [5.74, 6) is -4.89. The lowest BCUT2D eigenvalue weighted by Gasteiger charge is -2.21. The van der Waals surface area contributed by atoms with Crippen LogP contribution < -0.4 is 31.9 Å². The van der Waals surface area contributed by atoms with E-state index >= 15 is 0 Å². The van der Waals surface area contributed by atoms with Gasteiger partial charge in [-0.25, -0.2) is 0 Å². The van der Waals surface area contributed by atoms with Crippen molar-refractivity contribution < 1.29 is 64.5 Å². The van der Waals surface area contributed by atoms with Crippen LogP contribution in [0, 0.1) is 17.9 Å². The van der Waals surface area contributed by atoms with E-state index in [1.54, 1.807) is 136 Å². The highest BCUT2D eigenvalue weighted by Gasteiger charge is 2.31. The largest absolute Gasteiger partial charge is 0.394 e. The third-order valence-electron chi connectivity index (χ3n) is 6.73. The van der Waals surface area contributed by atoms with Crippen molar-refractivity contribution in [3.63, 3.8) is 0 Å². The van der Waals surface area contributed by atoms with Crippen molar-refractivity contribution in [2.75, 3.05) is 56.7 Å². The fourth-order valence-corrected chi connectivity index (χ4v) is 11.0. The molecule has 0 fully saturated rings. The monoisotopic (exact) mass is 1430 g/mol. The first-order valence-corrected chi connectivity index (χ1v) is 21.6. The van der Waals surface area contributed by atoms with Crippen molar-refractivity contribution in [2.45, 2.75) is 22.4 Å². The fourth-order valence-electron chi connectivity index (χ4n) is 3.97. The van der Waals surface area contributed by atoms with E-state index < -0.39 is 84.2 Å². The normalized spacial score (nSPS) is 13.2. The number of aliphatic hydroxyl groups is 7. The maximum atomic E-state index is 13.7. The second-order valence-electron chi connectivity index (χ2n) is 10.7. The Morgan fingerprint density at radius 1 is 0.556 bits per heavy atom. The van der Waals surface area contributed by atoms with Crippen LogP contribution in [-0.4, -0.2) is 140 Å². The number of anilines is 2. The molecule has 2 aromatic rings. The summed E-state index contributed by atoms with van der Waals surface area (Å²) in [6, 6.07) is 1.19. The van der Waals surface area contributed by atoms with Crippen LogP contribution in [-0.2, 0) is 9.59 Å². The van der Waals surface area contributed by atoms with Crippen LogP contribution in [0.2, 0.25) is 0 Å². The standard InChI is InChI=1S/C29H32I6N6O13/c30-17-12(25(50)36-2-9(46)5-42)1-13(18(31)22(17)39-14(49)8-45)26(51)41-24(35)29(54)40-23-20(33)15(27(52)37-3-10(47)6-43)19(32)16(21(23)34)28(53)38-4-11(48)7-44/h1,9-11,24,42-48H,2-8H2,(H,36,50)(H,37,52)(H,38,53)(H,39,49)(H,40,54)(H,41,51). The van der Waals surface area contributed by atoms with E-state index in [-0.39, 0.29) is 71.1 Å². The predicted octanol–water partition coefficient (Wildman–Crippen LogP) is -0.981. The average Bonchev–Trinajstić information content (AvgIpc) is 3.14. The highest BCUT2D eigenvalue weighted by atomic mass is 127. The molecule has 2 aromatic carbocycles. The predicted molar refractivity (Wildman–Crippen MR) is 242 cm³/mol. The third kappa shape index (κ3) is 13.5. The zero-order chi connectivity index (χ0) is 41.0. The van der Waals surface area contributed by atoms with E-state index in [1.165, 1.54) is 6.07 Å². The van der Waals surface area contributed by atoms with Gasteiger partial charge in [0, 0.05) is 23.2 Å². The average molecular weight is 1430 g/mol. The molecule has 0 radical (unpaired) electrons. The zero-order valence-corrected chi connectivity index (χ0v) is 40.1. The number of halogens is 6. The Morgan fingerprint density at radius 2 is 0.944 bits per heavy atom. The molecule has 4 atom stereocenters.